The first-order valence-electron chi connectivity index (χ1n) is 4.38. The van der Waals surface area contributed by atoms with Gasteiger partial charge in [0, 0.05) is 18.6 Å². The van der Waals surface area contributed by atoms with E-state index >= 15 is 0 Å². The highest BCUT2D eigenvalue weighted by Gasteiger charge is 2.11. The summed E-state index contributed by atoms with van der Waals surface area (Å²) >= 11 is 1.28. The standard InChI is InChI=1S/C9H10N4OS/c1-6-8(5-15-12-6)9(14)11-7-3-10-13(2)4-7/h3-5H,1-2H3,(H,11,14). The van der Waals surface area contributed by atoms with Crippen LogP contribution in [0.15, 0.2) is 17.8 Å². The van der Waals surface area contributed by atoms with Crippen LogP contribution in [0.3, 0.4) is 0 Å². The predicted molar refractivity (Wildman–Crippen MR) is 58.0 cm³/mol. The molecule has 0 saturated carbocycles. The van der Waals surface area contributed by atoms with Gasteiger partial charge in [0.2, 0.25) is 0 Å². The highest BCUT2D eigenvalue weighted by Crippen LogP contribution is 2.12. The average molecular weight is 222 g/mol. The van der Waals surface area contributed by atoms with Crippen molar-refractivity contribution < 1.29 is 4.79 Å². The Balaban J connectivity index is 2.14. The van der Waals surface area contributed by atoms with Crippen LogP contribution in [0.5, 0.6) is 0 Å². The summed E-state index contributed by atoms with van der Waals surface area (Å²) in [6, 6.07) is 0. The van der Waals surface area contributed by atoms with Crippen molar-refractivity contribution in [3.63, 3.8) is 0 Å². The Morgan fingerprint density at radius 3 is 2.93 bits per heavy atom. The zero-order valence-corrected chi connectivity index (χ0v) is 9.21. The van der Waals surface area contributed by atoms with Gasteiger partial charge in [0.05, 0.1) is 23.1 Å². The molecule has 1 N–H and O–H groups in total. The first-order valence-corrected chi connectivity index (χ1v) is 5.21. The van der Waals surface area contributed by atoms with Crippen LogP contribution < -0.4 is 5.32 Å². The van der Waals surface area contributed by atoms with Crippen LogP contribution in [-0.2, 0) is 7.05 Å². The molecule has 0 aliphatic carbocycles. The molecule has 2 aromatic rings. The molecule has 5 nitrogen and oxygen atoms in total. The molecule has 0 saturated heterocycles. The molecule has 15 heavy (non-hydrogen) atoms. The average Bonchev–Trinajstić information content (AvgIpc) is 2.75. The molecule has 0 fully saturated rings. The molecule has 0 radical (unpaired) electrons. The van der Waals surface area contributed by atoms with Gasteiger partial charge in [-0.15, -0.1) is 0 Å². The number of hydrogen-bond donors (Lipinski definition) is 1. The second-order valence-electron chi connectivity index (χ2n) is 3.17. The van der Waals surface area contributed by atoms with Crippen LogP contribution in [0.2, 0.25) is 0 Å². The first-order chi connectivity index (χ1) is 7.16. The summed E-state index contributed by atoms with van der Waals surface area (Å²) in [5, 5.41) is 8.45. The number of hydrogen-bond acceptors (Lipinski definition) is 4. The van der Waals surface area contributed by atoms with Crippen LogP contribution in [-0.4, -0.2) is 20.1 Å². The minimum atomic E-state index is -0.144. The molecule has 0 spiro atoms. The summed E-state index contributed by atoms with van der Waals surface area (Å²) in [5.41, 5.74) is 2.05. The Bertz CT molecular complexity index is 488. The van der Waals surface area contributed by atoms with E-state index in [4.69, 9.17) is 0 Å². The van der Waals surface area contributed by atoms with Crippen molar-refractivity contribution >= 4 is 23.1 Å². The van der Waals surface area contributed by atoms with Crippen LogP contribution in [0.25, 0.3) is 0 Å². The maximum atomic E-state index is 11.7. The van der Waals surface area contributed by atoms with Crippen molar-refractivity contribution in [3.05, 3.63) is 29.0 Å². The Hall–Kier alpha value is -1.69. The van der Waals surface area contributed by atoms with Gasteiger partial charge in [-0.2, -0.15) is 9.47 Å². The van der Waals surface area contributed by atoms with E-state index in [1.54, 1.807) is 29.5 Å². The number of carbonyl (C=O) groups is 1. The van der Waals surface area contributed by atoms with Gasteiger partial charge in [0.25, 0.3) is 5.91 Å². The number of nitrogens with one attached hydrogen (secondary N) is 1. The van der Waals surface area contributed by atoms with E-state index in [0.717, 1.165) is 5.69 Å². The summed E-state index contributed by atoms with van der Waals surface area (Å²) in [7, 11) is 1.80. The van der Waals surface area contributed by atoms with Crippen molar-refractivity contribution in [3.8, 4) is 0 Å². The first kappa shape index (κ1) is 9.85. The minimum absolute atomic E-state index is 0.144. The number of carbonyl (C=O) groups excluding carboxylic acids is 1. The molecule has 78 valence electrons. The largest absolute Gasteiger partial charge is 0.319 e. The van der Waals surface area contributed by atoms with Gasteiger partial charge in [-0.05, 0) is 18.5 Å². The topological polar surface area (TPSA) is 59.8 Å². The minimum Gasteiger partial charge on any atom is -0.319 e. The van der Waals surface area contributed by atoms with E-state index in [2.05, 4.69) is 14.8 Å². The molecule has 0 aliphatic rings. The van der Waals surface area contributed by atoms with E-state index in [1.807, 2.05) is 6.92 Å². The quantitative estimate of drug-likeness (QED) is 0.836. The molecular formula is C9H10N4OS. The Morgan fingerprint density at radius 2 is 2.40 bits per heavy atom. The van der Waals surface area contributed by atoms with E-state index in [1.165, 1.54) is 11.5 Å². The monoisotopic (exact) mass is 222 g/mol. The summed E-state index contributed by atoms with van der Waals surface area (Å²) in [5.74, 6) is -0.144. The fourth-order valence-electron chi connectivity index (χ4n) is 1.19. The zero-order valence-electron chi connectivity index (χ0n) is 8.39. The van der Waals surface area contributed by atoms with Crippen LogP contribution in [0, 0.1) is 6.92 Å². The summed E-state index contributed by atoms with van der Waals surface area (Å²) in [6.45, 7) is 1.81. The van der Waals surface area contributed by atoms with Gasteiger partial charge >= 0.3 is 0 Å². The van der Waals surface area contributed by atoms with Crippen molar-refractivity contribution in [1.82, 2.24) is 14.2 Å². The Labute approximate surface area is 90.9 Å². The van der Waals surface area contributed by atoms with Crippen molar-refractivity contribution in [1.29, 1.82) is 0 Å². The smallest absolute Gasteiger partial charge is 0.258 e. The van der Waals surface area contributed by atoms with Gasteiger partial charge in [-0.3, -0.25) is 9.48 Å². The predicted octanol–water partition coefficient (Wildman–Crippen LogP) is 1.44. The molecule has 0 aliphatic heterocycles. The SMILES string of the molecule is Cc1nscc1C(=O)Nc1cnn(C)c1. The molecule has 2 rings (SSSR count). The number of rotatable bonds is 2. The maximum Gasteiger partial charge on any atom is 0.258 e. The number of aryl methyl sites for hydroxylation is 2. The molecule has 6 heteroatoms. The lowest BCUT2D eigenvalue weighted by molar-refractivity contribution is 0.102. The van der Waals surface area contributed by atoms with E-state index in [0.29, 0.717) is 11.3 Å². The third-order valence-electron chi connectivity index (χ3n) is 1.96. The molecule has 0 bridgehead atoms. The summed E-state index contributed by atoms with van der Waals surface area (Å²) in [4.78, 5) is 11.7. The normalized spacial score (nSPS) is 10.3. The third kappa shape index (κ3) is 2.04. The summed E-state index contributed by atoms with van der Waals surface area (Å²) in [6.07, 6.45) is 3.35. The van der Waals surface area contributed by atoms with Crippen molar-refractivity contribution in [2.75, 3.05) is 5.32 Å². The van der Waals surface area contributed by atoms with Crippen LogP contribution in [0.1, 0.15) is 16.1 Å². The second kappa shape index (κ2) is 3.82. The van der Waals surface area contributed by atoms with Gasteiger partial charge in [0.15, 0.2) is 0 Å². The number of amides is 1. The fourth-order valence-corrected chi connectivity index (χ4v) is 1.89. The molecule has 0 unspecified atom stereocenters. The fraction of sp³-hybridized carbons (Fsp3) is 0.222. The highest BCUT2D eigenvalue weighted by atomic mass is 32.1. The van der Waals surface area contributed by atoms with Gasteiger partial charge in [-0.1, -0.05) is 0 Å². The van der Waals surface area contributed by atoms with Crippen molar-refractivity contribution in [2.45, 2.75) is 6.92 Å². The number of anilines is 1. The molecular weight excluding hydrogens is 212 g/mol. The van der Waals surface area contributed by atoms with E-state index < -0.39 is 0 Å². The lowest BCUT2D eigenvalue weighted by atomic mass is 10.2. The van der Waals surface area contributed by atoms with Gasteiger partial charge in [0.1, 0.15) is 0 Å². The third-order valence-corrected chi connectivity index (χ3v) is 2.68. The summed E-state index contributed by atoms with van der Waals surface area (Å²) < 4.78 is 5.68. The van der Waals surface area contributed by atoms with Crippen LogP contribution >= 0.6 is 11.5 Å². The van der Waals surface area contributed by atoms with Gasteiger partial charge in [-0.25, -0.2) is 0 Å². The second-order valence-corrected chi connectivity index (χ2v) is 3.80. The Morgan fingerprint density at radius 1 is 1.60 bits per heavy atom. The van der Waals surface area contributed by atoms with Gasteiger partial charge < -0.3 is 5.32 Å². The lowest BCUT2D eigenvalue weighted by Crippen LogP contribution is -2.11. The van der Waals surface area contributed by atoms with Crippen molar-refractivity contribution in [2.24, 2.45) is 7.05 Å². The molecule has 2 heterocycles. The molecule has 0 atom stereocenters. The maximum absolute atomic E-state index is 11.7. The van der Waals surface area contributed by atoms with Crippen LogP contribution in [0.4, 0.5) is 5.69 Å². The number of nitrogens with zero attached hydrogens (tertiary/aromatic N) is 3. The number of aromatic nitrogens is 3. The van der Waals surface area contributed by atoms with E-state index in [-0.39, 0.29) is 5.91 Å². The van der Waals surface area contributed by atoms with E-state index in [9.17, 15) is 4.79 Å². The Kier molecular flexibility index (Phi) is 2.51. The lowest BCUT2D eigenvalue weighted by Gasteiger charge is -1.99. The zero-order chi connectivity index (χ0) is 10.8. The molecule has 1 amide bonds. The molecule has 0 aromatic carbocycles. The highest BCUT2D eigenvalue weighted by molar-refractivity contribution is 7.04. The molecule has 2 aromatic heterocycles.